The van der Waals surface area contributed by atoms with E-state index in [1.807, 2.05) is 0 Å². The van der Waals surface area contributed by atoms with Gasteiger partial charge in [0.05, 0.1) is 7.11 Å². The van der Waals surface area contributed by atoms with Crippen LogP contribution in [0, 0.1) is 5.92 Å². The topological polar surface area (TPSA) is 12.5 Å². The van der Waals surface area contributed by atoms with Crippen LogP contribution in [0.4, 0.5) is 0 Å². The first-order valence-corrected chi connectivity index (χ1v) is 8.10. The van der Waals surface area contributed by atoms with E-state index >= 15 is 0 Å². The molecule has 112 valence electrons. The van der Waals surface area contributed by atoms with Crippen LogP contribution in [0.3, 0.4) is 0 Å². The van der Waals surface area contributed by atoms with Crippen LogP contribution >= 0.6 is 0 Å². The summed E-state index contributed by atoms with van der Waals surface area (Å²) in [5.41, 5.74) is 2.93. The molecular weight excluding hydrogens is 246 g/mol. The molecule has 0 aliphatic heterocycles. The molecule has 20 heavy (non-hydrogen) atoms. The Kier molecular flexibility index (Phi) is 5.47. The van der Waals surface area contributed by atoms with Gasteiger partial charge >= 0.3 is 0 Å². The van der Waals surface area contributed by atoms with Gasteiger partial charge < -0.3 is 4.74 Å². The van der Waals surface area contributed by atoms with Crippen molar-refractivity contribution in [3.05, 3.63) is 29.3 Å². The highest BCUT2D eigenvalue weighted by molar-refractivity contribution is 5.42. The Bertz CT molecular complexity index is 423. The lowest BCUT2D eigenvalue weighted by molar-refractivity contribution is 0.138. The second kappa shape index (κ2) is 7.12. The fourth-order valence-electron chi connectivity index (χ4n) is 3.63. The van der Waals surface area contributed by atoms with E-state index in [0.717, 1.165) is 18.1 Å². The van der Waals surface area contributed by atoms with Crippen molar-refractivity contribution in [3.63, 3.8) is 0 Å². The van der Waals surface area contributed by atoms with Gasteiger partial charge in [-0.3, -0.25) is 4.90 Å². The van der Waals surface area contributed by atoms with Gasteiger partial charge in [0, 0.05) is 6.04 Å². The van der Waals surface area contributed by atoms with Gasteiger partial charge in [0.2, 0.25) is 0 Å². The van der Waals surface area contributed by atoms with Crippen LogP contribution < -0.4 is 4.74 Å². The van der Waals surface area contributed by atoms with Crippen LogP contribution in [0.15, 0.2) is 18.2 Å². The van der Waals surface area contributed by atoms with Gasteiger partial charge in [-0.05, 0) is 61.9 Å². The highest BCUT2D eigenvalue weighted by atomic mass is 16.5. The van der Waals surface area contributed by atoms with E-state index in [1.54, 1.807) is 7.11 Å². The Morgan fingerprint density at radius 1 is 1.15 bits per heavy atom. The van der Waals surface area contributed by atoms with Crippen molar-refractivity contribution >= 4 is 0 Å². The largest absolute Gasteiger partial charge is 0.496 e. The summed E-state index contributed by atoms with van der Waals surface area (Å²) >= 11 is 0. The van der Waals surface area contributed by atoms with Gasteiger partial charge in [-0.1, -0.05) is 32.9 Å². The fourth-order valence-corrected chi connectivity index (χ4v) is 3.63. The maximum Gasteiger partial charge on any atom is 0.122 e. The molecule has 0 N–H and O–H groups in total. The van der Waals surface area contributed by atoms with Crippen LogP contribution in [-0.2, 0) is 12.8 Å². The lowest BCUT2D eigenvalue weighted by atomic mass is 9.80. The number of hydrogen-bond donors (Lipinski definition) is 0. The quantitative estimate of drug-likeness (QED) is 0.780. The number of rotatable bonds is 6. The van der Waals surface area contributed by atoms with E-state index in [4.69, 9.17) is 4.74 Å². The Balaban J connectivity index is 2.24. The van der Waals surface area contributed by atoms with Gasteiger partial charge in [0.25, 0.3) is 0 Å². The van der Waals surface area contributed by atoms with Gasteiger partial charge in [-0.2, -0.15) is 0 Å². The lowest BCUT2D eigenvalue weighted by Crippen LogP contribution is -2.45. The molecule has 2 rings (SSSR count). The molecule has 0 unspecified atom stereocenters. The predicted molar refractivity (Wildman–Crippen MR) is 85.5 cm³/mol. The SMILES string of the molecule is CCCN(CCC)[C@H]1Cc2c(cccc2OC)C[C@H]1C. The Morgan fingerprint density at radius 2 is 1.85 bits per heavy atom. The monoisotopic (exact) mass is 275 g/mol. The number of methoxy groups -OCH3 is 1. The van der Waals surface area contributed by atoms with Crippen LogP contribution in [0.2, 0.25) is 0 Å². The third kappa shape index (κ3) is 3.17. The van der Waals surface area contributed by atoms with Gasteiger partial charge in [0.1, 0.15) is 5.75 Å². The molecule has 0 radical (unpaired) electrons. The first-order chi connectivity index (χ1) is 9.71. The molecule has 1 aromatic rings. The number of nitrogens with zero attached hydrogens (tertiary/aromatic N) is 1. The highest BCUT2D eigenvalue weighted by Gasteiger charge is 2.30. The molecule has 2 atom stereocenters. The number of hydrogen-bond acceptors (Lipinski definition) is 2. The van der Waals surface area contributed by atoms with Crippen molar-refractivity contribution in [2.45, 2.75) is 52.5 Å². The van der Waals surface area contributed by atoms with Crippen molar-refractivity contribution in [1.82, 2.24) is 4.90 Å². The summed E-state index contributed by atoms with van der Waals surface area (Å²) in [7, 11) is 1.79. The maximum atomic E-state index is 5.58. The molecule has 0 aromatic heterocycles. The summed E-state index contributed by atoms with van der Waals surface area (Å²) in [5.74, 6) is 1.81. The minimum Gasteiger partial charge on any atom is -0.496 e. The smallest absolute Gasteiger partial charge is 0.122 e. The lowest BCUT2D eigenvalue weighted by Gasteiger charge is -2.39. The molecule has 0 amide bonds. The molecule has 2 heteroatoms. The molecule has 0 fully saturated rings. The first kappa shape index (κ1) is 15.4. The van der Waals surface area contributed by atoms with Gasteiger partial charge in [-0.25, -0.2) is 0 Å². The van der Waals surface area contributed by atoms with Crippen molar-refractivity contribution in [2.24, 2.45) is 5.92 Å². The zero-order valence-electron chi connectivity index (χ0n) is 13.5. The Hall–Kier alpha value is -1.02. The molecule has 0 bridgehead atoms. The van der Waals surface area contributed by atoms with Crippen LogP contribution in [0.5, 0.6) is 5.75 Å². The standard InChI is InChI=1S/C18H29NO/c1-5-10-19(11-6-2)17-13-16-15(12-14(17)3)8-7-9-18(16)20-4/h7-9,14,17H,5-6,10-13H2,1-4H3/t14-,17+/m1/s1. The first-order valence-electron chi connectivity index (χ1n) is 8.10. The second-order valence-corrected chi connectivity index (χ2v) is 6.09. The van der Waals surface area contributed by atoms with Gasteiger partial charge in [-0.15, -0.1) is 0 Å². The van der Waals surface area contributed by atoms with Gasteiger partial charge in [0.15, 0.2) is 0 Å². The molecule has 1 aliphatic rings. The summed E-state index contributed by atoms with van der Waals surface area (Å²) in [6.07, 6.45) is 4.80. The number of fused-ring (bicyclic) bond motifs is 1. The van der Waals surface area contributed by atoms with Crippen molar-refractivity contribution in [2.75, 3.05) is 20.2 Å². The van der Waals surface area contributed by atoms with Crippen LogP contribution in [0.25, 0.3) is 0 Å². The fraction of sp³-hybridized carbons (Fsp3) is 0.667. The summed E-state index contributed by atoms with van der Waals surface area (Å²) < 4.78 is 5.58. The summed E-state index contributed by atoms with van der Waals surface area (Å²) in [5, 5.41) is 0. The highest BCUT2D eigenvalue weighted by Crippen LogP contribution is 2.34. The second-order valence-electron chi connectivity index (χ2n) is 6.09. The molecular formula is C18H29NO. The molecule has 2 nitrogen and oxygen atoms in total. The molecule has 1 aromatic carbocycles. The zero-order valence-corrected chi connectivity index (χ0v) is 13.5. The summed E-state index contributed by atoms with van der Waals surface area (Å²) in [4.78, 5) is 2.69. The third-order valence-corrected chi connectivity index (χ3v) is 4.55. The minimum atomic E-state index is 0.665. The summed E-state index contributed by atoms with van der Waals surface area (Å²) in [6.45, 7) is 9.40. The maximum absolute atomic E-state index is 5.58. The normalized spacial score (nSPS) is 21.9. The average molecular weight is 275 g/mol. The van der Waals surface area contributed by atoms with Crippen molar-refractivity contribution < 1.29 is 4.74 Å². The third-order valence-electron chi connectivity index (χ3n) is 4.55. The van der Waals surface area contributed by atoms with Crippen molar-refractivity contribution in [1.29, 1.82) is 0 Å². The average Bonchev–Trinajstić information content (AvgIpc) is 2.45. The Morgan fingerprint density at radius 3 is 2.45 bits per heavy atom. The number of benzene rings is 1. The van der Waals surface area contributed by atoms with E-state index in [1.165, 1.54) is 43.5 Å². The van der Waals surface area contributed by atoms with Crippen LogP contribution in [0.1, 0.15) is 44.7 Å². The van der Waals surface area contributed by atoms with Crippen molar-refractivity contribution in [3.8, 4) is 5.75 Å². The molecule has 0 saturated heterocycles. The summed E-state index contributed by atoms with van der Waals surface area (Å²) in [6, 6.07) is 7.17. The van der Waals surface area contributed by atoms with E-state index < -0.39 is 0 Å². The molecule has 0 heterocycles. The zero-order chi connectivity index (χ0) is 14.5. The van der Waals surface area contributed by atoms with Crippen LogP contribution in [-0.4, -0.2) is 31.1 Å². The van der Waals surface area contributed by atoms with E-state index in [9.17, 15) is 0 Å². The van der Waals surface area contributed by atoms with E-state index in [-0.39, 0.29) is 0 Å². The minimum absolute atomic E-state index is 0.665. The Labute approximate surface area is 124 Å². The van der Waals surface area contributed by atoms with E-state index in [0.29, 0.717) is 6.04 Å². The molecule has 0 saturated carbocycles. The molecule has 0 spiro atoms. The molecule has 1 aliphatic carbocycles. The number of ether oxygens (including phenoxy) is 1. The van der Waals surface area contributed by atoms with E-state index in [2.05, 4.69) is 43.9 Å². The predicted octanol–water partition coefficient (Wildman–Crippen LogP) is 3.92.